The number of hydrogen-bond acceptors (Lipinski definition) is 11. The molecule has 6 N–H and O–H groups in total. The maximum atomic E-state index is 13.6. The molecule has 0 fully saturated rings. The second kappa shape index (κ2) is 70.1. The molecule has 0 aliphatic carbocycles. The van der Waals surface area contributed by atoms with Crippen molar-refractivity contribution in [1.82, 2.24) is 25.3 Å². The number of carbonyl (C=O) groups is 2. The summed E-state index contributed by atoms with van der Waals surface area (Å²) < 4.78 is 0. The van der Waals surface area contributed by atoms with E-state index < -0.39 is 30.5 Å². The van der Waals surface area contributed by atoms with Gasteiger partial charge in [-0.25, -0.2) is 0 Å². The van der Waals surface area contributed by atoms with Gasteiger partial charge in [0.25, 0.3) is 0 Å². The van der Waals surface area contributed by atoms with Crippen molar-refractivity contribution >= 4 is 33.4 Å². The van der Waals surface area contributed by atoms with Gasteiger partial charge in [-0.05, 0) is 156 Å². The van der Waals surface area contributed by atoms with E-state index >= 15 is 0 Å². The van der Waals surface area contributed by atoms with Crippen LogP contribution in [0.25, 0.3) is 0 Å². The van der Waals surface area contributed by atoms with E-state index in [4.69, 9.17) is 0 Å². The minimum absolute atomic E-state index is 0.133. The highest BCUT2D eigenvalue weighted by molar-refractivity contribution is 8.76. The molecule has 0 aromatic rings. The number of aliphatic hydroxyl groups excluding tert-OH is 4. The smallest absolute Gasteiger partial charge is 0.242 e. The predicted molar refractivity (Wildman–Crippen MR) is 397 cm³/mol. The van der Waals surface area contributed by atoms with Crippen LogP contribution in [0.1, 0.15) is 323 Å². The first-order chi connectivity index (χ1) is 43.9. The van der Waals surface area contributed by atoms with Crippen molar-refractivity contribution in [2.45, 2.75) is 354 Å². The maximum absolute atomic E-state index is 13.6. The maximum Gasteiger partial charge on any atom is 0.242 e. The van der Waals surface area contributed by atoms with E-state index in [-0.39, 0.29) is 18.2 Å². The Morgan fingerprint density at radius 3 is 1.12 bits per heavy atom. The van der Waals surface area contributed by atoms with Gasteiger partial charge in [-0.3, -0.25) is 19.4 Å². The average Bonchev–Trinajstić information content (AvgIpc) is 3.72. The molecule has 0 aromatic carbocycles. The van der Waals surface area contributed by atoms with Crippen LogP contribution < -0.4 is 10.6 Å². The van der Waals surface area contributed by atoms with Gasteiger partial charge in [-0.1, -0.05) is 265 Å². The van der Waals surface area contributed by atoms with Crippen LogP contribution >= 0.6 is 21.6 Å². The van der Waals surface area contributed by atoms with Crippen molar-refractivity contribution in [2.75, 3.05) is 78.0 Å². The van der Waals surface area contributed by atoms with Crippen molar-refractivity contribution in [3.05, 3.63) is 48.6 Å². The summed E-state index contributed by atoms with van der Waals surface area (Å²) in [6, 6.07) is -0.617. The molecule has 0 aliphatic rings. The molecule has 0 saturated heterocycles. The molecule has 0 spiro atoms. The van der Waals surface area contributed by atoms with Gasteiger partial charge in [0.05, 0.1) is 24.4 Å². The molecule has 0 radical (unpaired) electrons. The molecule has 0 aromatic heterocycles. The number of hydrogen-bond donors (Lipinski definition) is 6. The zero-order valence-corrected chi connectivity index (χ0v) is 61.5. The van der Waals surface area contributed by atoms with Crippen LogP contribution in [-0.2, 0) is 9.59 Å². The van der Waals surface area contributed by atoms with Crippen molar-refractivity contribution in [2.24, 2.45) is 0 Å². The molecule has 90 heavy (non-hydrogen) atoms. The van der Waals surface area contributed by atoms with Crippen LogP contribution in [0.2, 0.25) is 0 Å². The Morgan fingerprint density at radius 2 is 0.722 bits per heavy atom. The van der Waals surface area contributed by atoms with Crippen LogP contribution in [0.3, 0.4) is 0 Å². The molecule has 0 rings (SSSR count). The zero-order chi connectivity index (χ0) is 65.9. The lowest BCUT2D eigenvalue weighted by molar-refractivity contribution is -0.129. The van der Waals surface area contributed by atoms with Gasteiger partial charge in [-0.2, -0.15) is 0 Å². The third-order valence-electron chi connectivity index (χ3n) is 17.3. The molecule has 5 unspecified atom stereocenters. The first-order valence-electron chi connectivity index (χ1n) is 38.2. The number of aliphatic hydroxyl groups is 4. The molecule has 0 heterocycles. The molecule has 0 aliphatic heterocycles. The van der Waals surface area contributed by atoms with Gasteiger partial charge in [0.1, 0.15) is 6.04 Å². The van der Waals surface area contributed by atoms with Crippen molar-refractivity contribution in [3.63, 3.8) is 0 Å². The molecule has 13 heteroatoms. The Balaban J connectivity index is 5.37. The summed E-state index contributed by atoms with van der Waals surface area (Å²) in [5.41, 5.74) is 0. The first kappa shape index (κ1) is 88.3. The summed E-state index contributed by atoms with van der Waals surface area (Å²) in [5, 5.41) is 51.1. The van der Waals surface area contributed by atoms with Crippen LogP contribution in [-0.4, -0.2) is 155 Å². The van der Waals surface area contributed by atoms with Crippen molar-refractivity contribution in [1.29, 1.82) is 0 Å². The fourth-order valence-corrected chi connectivity index (χ4v) is 13.9. The van der Waals surface area contributed by atoms with Gasteiger partial charge < -0.3 is 36.0 Å². The average molecular weight is 1310 g/mol. The van der Waals surface area contributed by atoms with E-state index in [9.17, 15) is 30.0 Å². The minimum atomic E-state index is -0.617. The van der Waals surface area contributed by atoms with Gasteiger partial charge >= 0.3 is 0 Å². The molecule has 2 amide bonds. The van der Waals surface area contributed by atoms with Crippen LogP contribution in [0.15, 0.2) is 48.6 Å². The fourth-order valence-electron chi connectivity index (χ4n) is 11.6. The minimum Gasteiger partial charge on any atom is -0.392 e. The quantitative estimate of drug-likeness (QED) is 0.0196. The van der Waals surface area contributed by atoms with Gasteiger partial charge in [-0.15, -0.1) is 0 Å². The van der Waals surface area contributed by atoms with E-state index in [1.807, 2.05) is 24.9 Å². The molecular weight excluding hydrogens is 1160 g/mol. The fraction of sp³-hybridized carbons (Fsp3) is 0.870. The number of carbonyl (C=O) groups excluding carboxylic acids is 2. The number of amides is 2. The van der Waals surface area contributed by atoms with Crippen molar-refractivity contribution in [3.8, 4) is 0 Å². The Hall–Kier alpha value is -1.68. The molecule has 11 nitrogen and oxygen atoms in total. The molecule has 0 bridgehead atoms. The van der Waals surface area contributed by atoms with Gasteiger partial charge in [0, 0.05) is 50.7 Å². The van der Waals surface area contributed by atoms with Crippen LogP contribution in [0.4, 0.5) is 0 Å². The third kappa shape index (κ3) is 65.0. The highest BCUT2D eigenvalue weighted by atomic mass is 33.1. The Kier molecular flexibility index (Phi) is 68.8. The summed E-state index contributed by atoms with van der Waals surface area (Å²) in [6.45, 7) is 14.1. The second-order valence-electron chi connectivity index (χ2n) is 26.8. The normalized spacial score (nSPS) is 14.0. The Bertz CT molecular complexity index is 1560. The lowest BCUT2D eigenvalue weighted by Crippen LogP contribution is -2.47. The third-order valence-corrected chi connectivity index (χ3v) is 19.8. The molecule has 530 valence electrons. The first-order valence-corrected chi connectivity index (χ1v) is 40.7. The number of nitrogens with one attached hydrogen (secondary N) is 2. The van der Waals surface area contributed by atoms with E-state index in [0.717, 1.165) is 147 Å². The lowest BCUT2D eigenvalue weighted by atomic mass is 10.0. The van der Waals surface area contributed by atoms with Gasteiger partial charge in [0.2, 0.25) is 11.8 Å². The monoisotopic (exact) mass is 1300 g/mol. The Labute approximate surface area is 565 Å². The van der Waals surface area contributed by atoms with Crippen LogP contribution in [0.5, 0.6) is 0 Å². The number of allylic oxidation sites excluding steroid dienone is 8. The topological polar surface area (TPSA) is 149 Å². The molecule has 0 saturated carbocycles. The largest absolute Gasteiger partial charge is 0.392 e. The highest BCUT2D eigenvalue weighted by Gasteiger charge is 2.22. The zero-order valence-electron chi connectivity index (χ0n) is 59.9. The summed E-state index contributed by atoms with van der Waals surface area (Å²) >= 11 is 0. The van der Waals surface area contributed by atoms with Crippen molar-refractivity contribution < 1.29 is 30.0 Å². The SMILES string of the molecule is CCCCC/C=C\C/C=C\CCCCCCC(O)CN(CCCCSSCCC(NC(=O)CCCN(CC(O)CCCCCCCCCC)CC(O)CCCCCCCCCC)C(=O)NCCCN(C)C)CC(O)CCCCCC/C=C\C/C=C\CCCCC. The van der Waals surface area contributed by atoms with E-state index in [2.05, 4.69) is 102 Å². The Morgan fingerprint density at radius 1 is 0.378 bits per heavy atom. The van der Waals surface area contributed by atoms with Gasteiger partial charge in [0.15, 0.2) is 0 Å². The lowest BCUT2D eigenvalue weighted by Gasteiger charge is -2.27. The summed E-state index contributed by atoms with van der Waals surface area (Å²) in [5.74, 6) is 1.43. The van der Waals surface area contributed by atoms with E-state index in [1.165, 1.54) is 154 Å². The molecular formula is C77H149N5O6S2. The molecule has 5 atom stereocenters. The number of nitrogens with zero attached hydrogens (tertiary/aromatic N) is 3. The standard InChI is InChI=1S/C77H149N5O6S2/c1-7-11-15-19-23-27-29-31-33-35-37-41-45-49-55-71(83)67-81(68-72(84)56-50-46-42-38-36-34-32-30-28-24-20-16-12-8-2)63-51-52-65-89-90-66-60-75(77(88)78-61-54-62-80(5)6)79-76(87)59-53-64-82(69-73(85)57-47-43-39-25-21-17-13-9-3)70-74(86)58-48-44-40-26-22-18-14-10-4/h23-24,27-28,31-34,71-75,83-86H,7-22,25-26,29-30,35-70H2,1-6H3,(H,78,88)(H,79,87)/b27-23-,28-24-,33-31-,34-32-. The second-order valence-corrected chi connectivity index (χ2v) is 29.5. The summed E-state index contributed by atoms with van der Waals surface area (Å²) in [4.78, 5) is 33.8. The van der Waals surface area contributed by atoms with E-state index in [1.54, 1.807) is 10.8 Å². The van der Waals surface area contributed by atoms with E-state index in [0.29, 0.717) is 52.1 Å². The summed E-state index contributed by atoms with van der Waals surface area (Å²) in [6.07, 6.45) is 67.2. The highest BCUT2D eigenvalue weighted by Crippen LogP contribution is 2.25. The number of rotatable bonds is 71. The predicted octanol–water partition coefficient (Wildman–Crippen LogP) is 18.8. The van der Waals surface area contributed by atoms with Crippen LogP contribution in [0, 0.1) is 0 Å². The summed E-state index contributed by atoms with van der Waals surface area (Å²) in [7, 11) is 7.64. The number of unbranched alkanes of at least 4 members (excludes halogenated alkanes) is 29.